The molecular weight excluding hydrogens is 866 g/mol. The van der Waals surface area contributed by atoms with Crippen LogP contribution < -0.4 is 23.8 Å². The van der Waals surface area contributed by atoms with E-state index < -0.39 is 48.4 Å². The molecule has 0 N–H and O–H groups in total. The molecule has 2 heterocycles. The van der Waals surface area contributed by atoms with Crippen LogP contribution in [0, 0.1) is 0 Å². The second-order valence-electron chi connectivity index (χ2n) is 15.8. The molecule has 6 aromatic rings. The Bertz CT molecular complexity index is 2720. The standard InChI is InChI=1S/C50H40F9NO5/c1-62-43-29-40-38-22-24-46(34-8-4-3-5-9-34,35-16-18-36(19-17-35)60-26-6-7-27-60)65-42(38)28-39(41(40)30-44(43)63-2)33-12-10-31(11-13-33)32-14-20-37(21-15-32)64-45(61)23-25-47(51,52)48(53,54)49(55,56)50(57,58)59/h3-5,8-22,24,28-30H,6-7,23,25-27H2,1-2H3. The summed E-state index contributed by atoms with van der Waals surface area (Å²) in [5, 5.41) is 1.70. The summed E-state index contributed by atoms with van der Waals surface area (Å²) in [5.74, 6) is -19.8. The first-order chi connectivity index (χ1) is 30.9. The highest BCUT2D eigenvalue weighted by atomic mass is 19.4. The third-order valence-corrected chi connectivity index (χ3v) is 11.8. The van der Waals surface area contributed by atoms with Crippen LogP contribution in [0.25, 0.3) is 39.1 Å². The highest BCUT2D eigenvalue weighted by molar-refractivity contribution is 6.05. The van der Waals surface area contributed by atoms with E-state index in [0.29, 0.717) is 28.4 Å². The van der Waals surface area contributed by atoms with E-state index in [1.807, 2.05) is 72.8 Å². The lowest BCUT2D eigenvalue weighted by Crippen LogP contribution is -2.60. The van der Waals surface area contributed by atoms with Crippen LogP contribution in [-0.2, 0) is 10.4 Å². The molecule has 0 spiro atoms. The molecule has 0 saturated carbocycles. The van der Waals surface area contributed by atoms with Gasteiger partial charge in [-0.15, -0.1) is 0 Å². The van der Waals surface area contributed by atoms with E-state index in [2.05, 4.69) is 41.3 Å². The Morgan fingerprint density at radius 3 is 1.80 bits per heavy atom. The largest absolute Gasteiger partial charge is 0.493 e. The average Bonchev–Trinajstić information content (AvgIpc) is 3.86. The number of benzene rings is 6. The molecular formula is C50H40F9NO5. The van der Waals surface area contributed by atoms with Crippen LogP contribution in [0.1, 0.15) is 42.4 Å². The number of hydrogen-bond donors (Lipinski definition) is 0. The van der Waals surface area contributed by atoms with Gasteiger partial charge in [-0.1, -0.05) is 78.9 Å². The Kier molecular flexibility index (Phi) is 11.8. The van der Waals surface area contributed by atoms with Crippen LogP contribution in [0.5, 0.6) is 23.0 Å². The third kappa shape index (κ3) is 8.21. The zero-order chi connectivity index (χ0) is 46.4. The van der Waals surface area contributed by atoms with E-state index >= 15 is 0 Å². The predicted molar refractivity (Wildman–Crippen MR) is 228 cm³/mol. The maximum absolute atomic E-state index is 14.0. The molecule has 0 amide bonds. The summed E-state index contributed by atoms with van der Waals surface area (Å²) < 4.78 is 143. The summed E-state index contributed by atoms with van der Waals surface area (Å²) in [4.78, 5) is 14.6. The van der Waals surface area contributed by atoms with Gasteiger partial charge in [0.2, 0.25) is 0 Å². The summed E-state index contributed by atoms with van der Waals surface area (Å²) in [6.45, 7) is 2.03. The number of esters is 1. The highest BCUT2D eigenvalue weighted by Crippen LogP contribution is 2.54. The van der Waals surface area contributed by atoms with Gasteiger partial charge in [-0.2, -0.15) is 39.5 Å². The predicted octanol–water partition coefficient (Wildman–Crippen LogP) is 13.3. The zero-order valence-corrected chi connectivity index (χ0v) is 34.8. The van der Waals surface area contributed by atoms with Gasteiger partial charge in [0.25, 0.3) is 0 Å². The second kappa shape index (κ2) is 17.1. The Morgan fingerprint density at radius 2 is 1.22 bits per heavy atom. The Morgan fingerprint density at radius 1 is 0.662 bits per heavy atom. The first kappa shape index (κ1) is 44.9. The molecule has 8 rings (SSSR count). The van der Waals surface area contributed by atoms with E-state index in [0.717, 1.165) is 70.2 Å². The number of ether oxygens (including phenoxy) is 4. The molecule has 1 unspecified atom stereocenters. The molecule has 15 heteroatoms. The molecule has 0 bridgehead atoms. The maximum Gasteiger partial charge on any atom is 0.460 e. The van der Waals surface area contributed by atoms with Crippen LogP contribution in [0.3, 0.4) is 0 Å². The highest BCUT2D eigenvalue weighted by Gasteiger charge is 2.81. The van der Waals surface area contributed by atoms with Crippen molar-refractivity contribution in [3.05, 3.63) is 144 Å². The smallest absolute Gasteiger partial charge is 0.460 e. The van der Waals surface area contributed by atoms with Gasteiger partial charge >= 0.3 is 29.9 Å². The zero-order valence-electron chi connectivity index (χ0n) is 34.8. The van der Waals surface area contributed by atoms with E-state index in [1.165, 1.54) is 24.3 Å². The molecule has 1 saturated heterocycles. The minimum atomic E-state index is -7.04. The normalized spacial score (nSPS) is 16.6. The molecule has 0 aromatic heterocycles. The van der Waals surface area contributed by atoms with Crippen molar-refractivity contribution in [3.63, 3.8) is 0 Å². The maximum atomic E-state index is 14.0. The van der Waals surface area contributed by atoms with Crippen LogP contribution in [0.4, 0.5) is 45.2 Å². The number of hydrogen-bond acceptors (Lipinski definition) is 6. The van der Waals surface area contributed by atoms with Crippen molar-refractivity contribution in [1.29, 1.82) is 0 Å². The lowest BCUT2D eigenvalue weighted by Gasteiger charge is -2.37. The Labute approximate surface area is 367 Å². The van der Waals surface area contributed by atoms with Crippen LogP contribution in [-0.4, -0.2) is 57.2 Å². The van der Waals surface area contributed by atoms with E-state index in [4.69, 9.17) is 18.9 Å². The number of rotatable bonds is 13. The number of anilines is 1. The van der Waals surface area contributed by atoms with Crippen LogP contribution in [0.15, 0.2) is 127 Å². The Balaban J connectivity index is 1.07. The second-order valence-corrected chi connectivity index (χ2v) is 15.8. The molecule has 2 aliphatic rings. The average molecular weight is 906 g/mol. The minimum absolute atomic E-state index is 0.209. The summed E-state index contributed by atoms with van der Waals surface area (Å²) in [5.41, 5.74) is 5.88. The number of carbonyl (C=O) groups excluding carboxylic acids is 1. The van der Waals surface area contributed by atoms with Crippen LogP contribution in [0.2, 0.25) is 0 Å². The van der Waals surface area contributed by atoms with Crippen molar-refractivity contribution in [2.24, 2.45) is 0 Å². The quantitative estimate of drug-likeness (QED) is 0.0654. The SMILES string of the molecule is COc1cc2c(-c3ccc(-c4ccc(OC(=O)CCC(F)(F)C(F)(F)C(F)(F)C(F)(F)F)cc4)cc3)cc3c(c2cc1OC)C=CC(c1ccccc1)(c1ccc(N2CCCC2)cc1)O3. The van der Waals surface area contributed by atoms with Crippen molar-refractivity contribution in [2.75, 3.05) is 32.2 Å². The molecule has 0 radical (unpaired) electrons. The van der Waals surface area contributed by atoms with Crippen molar-refractivity contribution in [3.8, 4) is 45.3 Å². The molecule has 2 aliphatic heterocycles. The number of nitrogens with zero attached hydrogens (tertiary/aromatic N) is 1. The number of halogens is 9. The van der Waals surface area contributed by atoms with Gasteiger partial charge in [0.05, 0.1) is 20.6 Å². The van der Waals surface area contributed by atoms with E-state index in [9.17, 15) is 44.3 Å². The summed E-state index contributed by atoms with van der Waals surface area (Å²) >= 11 is 0. The van der Waals surface area contributed by atoms with Gasteiger partial charge in [0.1, 0.15) is 11.5 Å². The van der Waals surface area contributed by atoms with Crippen molar-refractivity contribution < 1.29 is 63.3 Å². The third-order valence-electron chi connectivity index (χ3n) is 11.8. The number of methoxy groups -OCH3 is 2. The van der Waals surface area contributed by atoms with Gasteiger partial charge in [0, 0.05) is 41.9 Å². The molecule has 65 heavy (non-hydrogen) atoms. The lowest BCUT2D eigenvalue weighted by atomic mass is 9.82. The summed E-state index contributed by atoms with van der Waals surface area (Å²) in [6.07, 6.45) is -4.37. The first-order valence-electron chi connectivity index (χ1n) is 20.5. The molecule has 6 nitrogen and oxygen atoms in total. The molecule has 0 aliphatic carbocycles. The molecule has 1 atom stereocenters. The topological polar surface area (TPSA) is 57.2 Å². The van der Waals surface area contributed by atoms with Gasteiger partial charge in [-0.3, -0.25) is 4.79 Å². The molecule has 1 fully saturated rings. The Hall–Kier alpha value is -6.64. The molecule has 6 aromatic carbocycles. The number of carbonyl (C=O) groups is 1. The molecule has 338 valence electrons. The fourth-order valence-electron chi connectivity index (χ4n) is 8.27. The van der Waals surface area contributed by atoms with Crippen LogP contribution >= 0.6 is 0 Å². The summed E-state index contributed by atoms with van der Waals surface area (Å²) in [6, 6.07) is 37.4. The van der Waals surface area contributed by atoms with Gasteiger partial charge < -0.3 is 23.8 Å². The first-order valence-corrected chi connectivity index (χ1v) is 20.5. The minimum Gasteiger partial charge on any atom is -0.493 e. The monoisotopic (exact) mass is 905 g/mol. The van der Waals surface area contributed by atoms with E-state index in [1.54, 1.807) is 14.2 Å². The van der Waals surface area contributed by atoms with Crippen molar-refractivity contribution >= 4 is 28.5 Å². The fourth-order valence-corrected chi connectivity index (χ4v) is 8.27. The lowest BCUT2D eigenvalue weighted by molar-refractivity contribution is -0.396. The van der Waals surface area contributed by atoms with Crippen molar-refractivity contribution in [2.45, 2.75) is 55.2 Å². The van der Waals surface area contributed by atoms with Crippen molar-refractivity contribution in [1.82, 2.24) is 0 Å². The van der Waals surface area contributed by atoms with E-state index in [-0.39, 0.29) is 5.75 Å². The van der Waals surface area contributed by atoms with Gasteiger partial charge in [-0.25, -0.2) is 0 Å². The summed E-state index contributed by atoms with van der Waals surface area (Å²) in [7, 11) is 3.12. The fraction of sp³-hybridized carbons (Fsp3) is 0.260. The van der Waals surface area contributed by atoms with Gasteiger partial charge in [-0.05, 0) is 100 Å². The van der Waals surface area contributed by atoms with Gasteiger partial charge in [0.15, 0.2) is 17.1 Å². The number of alkyl halides is 9. The number of fused-ring (bicyclic) bond motifs is 3.